The highest BCUT2D eigenvalue weighted by molar-refractivity contribution is 4.87. The van der Waals surface area contributed by atoms with E-state index in [2.05, 4.69) is 13.5 Å². The van der Waals surface area contributed by atoms with Crippen LogP contribution in [0, 0.1) is 0 Å². The Morgan fingerprint density at radius 3 is 2.80 bits per heavy atom. The van der Waals surface area contributed by atoms with Crippen LogP contribution in [-0.4, -0.2) is 12.7 Å². The summed E-state index contributed by atoms with van der Waals surface area (Å²) in [5, 5.41) is 0. The van der Waals surface area contributed by atoms with Crippen LogP contribution >= 0.6 is 0 Å². The molecule has 0 N–H and O–H groups in total. The minimum absolute atomic E-state index is 0.616. The van der Waals surface area contributed by atoms with Gasteiger partial charge in [0.2, 0.25) is 0 Å². The number of hydrogen-bond acceptors (Lipinski definition) is 1. The molecule has 1 aliphatic rings. The van der Waals surface area contributed by atoms with Crippen LogP contribution in [0.4, 0.5) is 0 Å². The van der Waals surface area contributed by atoms with Gasteiger partial charge in [-0.2, -0.15) is 0 Å². The fourth-order valence-corrected chi connectivity index (χ4v) is 1.03. The lowest BCUT2D eigenvalue weighted by atomic mass is 10.1. The van der Waals surface area contributed by atoms with Crippen LogP contribution in [0.25, 0.3) is 0 Å². The van der Waals surface area contributed by atoms with E-state index < -0.39 is 0 Å². The smallest absolute Gasteiger partial charge is 0.0810 e. The van der Waals surface area contributed by atoms with E-state index in [0.29, 0.717) is 6.10 Å². The van der Waals surface area contributed by atoms with Gasteiger partial charge in [-0.3, -0.25) is 0 Å². The van der Waals surface area contributed by atoms with E-state index in [1.54, 1.807) is 0 Å². The van der Waals surface area contributed by atoms with Crippen molar-refractivity contribution < 1.29 is 4.74 Å². The summed E-state index contributed by atoms with van der Waals surface area (Å²) in [6.45, 7) is 6.95. The van der Waals surface area contributed by atoms with Crippen molar-refractivity contribution >= 4 is 0 Å². The Morgan fingerprint density at radius 1 is 1.60 bits per heavy atom. The molecule has 1 unspecified atom stereocenters. The molecule has 0 aromatic heterocycles. The predicted octanol–water partition coefficient (Wildman–Crippen LogP) is 2.52. The molecule has 1 heteroatoms. The monoisotopic (exact) mass is 140 g/mol. The Bertz CT molecular complexity index is 114. The molecule has 0 aliphatic carbocycles. The standard InChI is InChI=1S/C9H16O/c1-8(2)5-3-4-6-9-7-10-9/h9H,1,3-7H2,2H3. The largest absolute Gasteiger partial charge is 0.373 e. The highest BCUT2D eigenvalue weighted by Gasteiger charge is 2.20. The molecular formula is C9H16O. The van der Waals surface area contributed by atoms with E-state index in [9.17, 15) is 0 Å². The lowest BCUT2D eigenvalue weighted by Gasteiger charge is -1.96. The number of allylic oxidation sites excluding steroid dienone is 1. The lowest BCUT2D eigenvalue weighted by molar-refractivity contribution is 0.389. The van der Waals surface area contributed by atoms with Gasteiger partial charge in [-0.05, 0) is 26.2 Å². The van der Waals surface area contributed by atoms with Gasteiger partial charge in [0.05, 0.1) is 12.7 Å². The van der Waals surface area contributed by atoms with Gasteiger partial charge >= 0.3 is 0 Å². The van der Waals surface area contributed by atoms with Gasteiger partial charge in [0.25, 0.3) is 0 Å². The Kier molecular flexibility index (Phi) is 2.94. The van der Waals surface area contributed by atoms with Crippen LogP contribution in [-0.2, 0) is 4.74 Å². The minimum Gasteiger partial charge on any atom is -0.373 e. The maximum Gasteiger partial charge on any atom is 0.0810 e. The van der Waals surface area contributed by atoms with Crippen LogP contribution in [0.15, 0.2) is 12.2 Å². The molecule has 1 atom stereocenters. The quantitative estimate of drug-likeness (QED) is 0.325. The highest BCUT2D eigenvalue weighted by Crippen LogP contribution is 2.17. The molecule has 1 heterocycles. The van der Waals surface area contributed by atoms with Crippen molar-refractivity contribution in [3.8, 4) is 0 Å². The second-order valence-electron chi connectivity index (χ2n) is 3.16. The second-order valence-corrected chi connectivity index (χ2v) is 3.16. The first-order valence-electron chi connectivity index (χ1n) is 4.05. The van der Waals surface area contributed by atoms with Crippen LogP contribution in [0.3, 0.4) is 0 Å². The number of hydrogen-bond donors (Lipinski definition) is 0. The maximum absolute atomic E-state index is 5.09. The third kappa shape index (κ3) is 3.67. The van der Waals surface area contributed by atoms with Gasteiger partial charge in [-0.1, -0.05) is 12.0 Å². The SMILES string of the molecule is C=C(C)CCCCC1CO1. The first kappa shape index (κ1) is 7.80. The first-order chi connectivity index (χ1) is 4.79. The highest BCUT2D eigenvalue weighted by atomic mass is 16.6. The summed E-state index contributed by atoms with van der Waals surface area (Å²) < 4.78 is 5.09. The van der Waals surface area contributed by atoms with E-state index in [1.165, 1.54) is 31.3 Å². The van der Waals surface area contributed by atoms with Crippen molar-refractivity contribution in [1.82, 2.24) is 0 Å². The molecule has 0 radical (unpaired) electrons. The number of epoxide rings is 1. The van der Waals surface area contributed by atoms with E-state index in [-0.39, 0.29) is 0 Å². The fourth-order valence-electron chi connectivity index (χ4n) is 1.03. The average molecular weight is 140 g/mol. The van der Waals surface area contributed by atoms with Crippen molar-refractivity contribution in [2.45, 2.75) is 38.7 Å². The van der Waals surface area contributed by atoms with Crippen LogP contribution < -0.4 is 0 Å². The topological polar surface area (TPSA) is 12.5 Å². The number of unbranched alkanes of at least 4 members (excludes halogenated alkanes) is 1. The van der Waals surface area contributed by atoms with Crippen LogP contribution in [0.1, 0.15) is 32.6 Å². The summed E-state index contributed by atoms with van der Waals surface area (Å²) >= 11 is 0. The van der Waals surface area contributed by atoms with Crippen LogP contribution in [0.2, 0.25) is 0 Å². The molecule has 10 heavy (non-hydrogen) atoms. The second kappa shape index (κ2) is 3.77. The molecule has 58 valence electrons. The molecule has 0 spiro atoms. The molecule has 0 bridgehead atoms. The summed E-state index contributed by atoms with van der Waals surface area (Å²) in [6, 6.07) is 0. The van der Waals surface area contributed by atoms with Gasteiger partial charge in [0.1, 0.15) is 0 Å². The van der Waals surface area contributed by atoms with E-state index >= 15 is 0 Å². The maximum atomic E-state index is 5.09. The summed E-state index contributed by atoms with van der Waals surface area (Å²) in [6.07, 6.45) is 5.65. The Hall–Kier alpha value is -0.300. The molecule has 1 rings (SSSR count). The summed E-state index contributed by atoms with van der Waals surface area (Å²) in [4.78, 5) is 0. The van der Waals surface area contributed by atoms with Crippen molar-refractivity contribution in [3.63, 3.8) is 0 Å². The van der Waals surface area contributed by atoms with Crippen molar-refractivity contribution in [1.29, 1.82) is 0 Å². The summed E-state index contributed by atoms with van der Waals surface area (Å²) in [7, 11) is 0. The molecule has 0 aromatic carbocycles. The molecular weight excluding hydrogens is 124 g/mol. The molecule has 1 nitrogen and oxygen atoms in total. The first-order valence-corrected chi connectivity index (χ1v) is 4.05. The van der Waals surface area contributed by atoms with Gasteiger partial charge < -0.3 is 4.74 Å². The minimum atomic E-state index is 0.616. The van der Waals surface area contributed by atoms with E-state index in [0.717, 1.165) is 6.61 Å². The molecule has 1 fully saturated rings. The van der Waals surface area contributed by atoms with Gasteiger partial charge in [-0.15, -0.1) is 6.58 Å². The third-order valence-electron chi connectivity index (χ3n) is 1.78. The van der Waals surface area contributed by atoms with Crippen molar-refractivity contribution in [3.05, 3.63) is 12.2 Å². The summed E-state index contributed by atoms with van der Waals surface area (Å²) in [5.41, 5.74) is 1.30. The Morgan fingerprint density at radius 2 is 2.30 bits per heavy atom. The third-order valence-corrected chi connectivity index (χ3v) is 1.78. The zero-order valence-corrected chi connectivity index (χ0v) is 6.73. The molecule has 0 amide bonds. The van der Waals surface area contributed by atoms with Crippen molar-refractivity contribution in [2.24, 2.45) is 0 Å². The van der Waals surface area contributed by atoms with Gasteiger partial charge in [0.15, 0.2) is 0 Å². The average Bonchev–Trinajstić information content (AvgIpc) is 2.62. The molecule has 1 saturated heterocycles. The van der Waals surface area contributed by atoms with Crippen molar-refractivity contribution in [2.75, 3.05) is 6.61 Å². The predicted molar refractivity (Wildman–Crippen MR) is 43.0 cm³/mol. The van der Waals surface area contributed by atoms with Crippen LogP contribution in [0.5, 0.6) is 0 Å². The zero-order valence-electron chi connectivity index (χ0n) is 6.73. The zero-order chi connectivity index (χ0) is 7.40. The summed E-state index contributed by atoms with van der Waals surface area (Å²) in [5.74, 6) is 0. The lowest BCUT2D eigenvalue weighted by Crippen LogP contribution is -1.85. The number of rotatable bonds is 5. The fraction of sp³-hybridized carbons (Fsp3) is 0.778. The van der Waals surface area contributed by atoms with Gasteiger partial charge in [0, 0.05) is 0 Å². The van der Waals surface area contributed by atoms with E-state index in [1.807, 2.05) is 0 Å². The Labute approximate surface area is 63.1 Å². The van der Waals surface area contributed by atoms with Gasteiger partial charge in [-0.25, -0.2) is 0 Å². The normalized spacial score (nSPS) is 22.7. The molecule has 0 saturated carbocycles. The molecule has 1 aliphatic heterocycles. The van der Waals surface area contributed by atoms with E-state index in [4.69, 9.17) is 4.74 Å². The molecule has 0 aromatic rings. The number of ether oxygens (including phenoxy) is 1. The Balaban J connectivity index is 1.80.